The Kier molecular flexibility index (Phi) is 10.5. The van der Waals surface area contributed by atoms with E-state index in [1.165, 1.54) is 10.8 Å². The lowest BCUT2D eigenvalue weighted by molar-refractivity contribution is -0.136. The summed E-state index contributed by atoms with van der Waals surface area (Å²) in [6.45, 7) is 4.93. The third kappa shape index (κ3) is 7.44. The summed E-state index contributed by atoms with van der Waals surface area (Å²) in [4.78, 5) is 27.0. The van der Waals surface area contributed by atoms with Crippen molar-refractivity contribution < 1.29 is 23.1 Å². The summed E-state index contributed by atoms with van der Waals surface area (Å²) in [6.07, 6.45) is 4.40. The molecule has 38 heavy (non-hydrogen) atoms. The Morgan fingerprint density at radius 2 is 1.97 bits per heavy atom. The largest absolute Gasteiger partial charge is 0.462 e. The number of piperidine rings is 1. The summed E-state index contributed by atoms with van der Waals surface area (Å²) in [7, 11) is -3.58. The van der Waals surface area contributed by atoms with Crippen LogP contribution in [0, 0.1) is 11.3 Å². The number of sulfonamides is 1. The highest BCUT2D eigenvalue weighted by atomic mass is 32.2. The molecule has 0 bridgehead atoms. The van der Waals surface area contributed by atoms with Gasteiger partial charge in [-0.25, -0.2) is 13.2 Å². The van der Waals surface area contributed by atoms with Gasteiger partial charge in [0.25, 0.3) is 5.56 Å². The molecule has 13 heteroatoms. The van der Waals surface area contributed by atoms with Crippen LogP contribution in [0.1, 0.15) is 33.1 Å². The summed E-state index contributed by atoms with van der Waals surface area (Å²) >= 11 is 1.01. The van der Waals surface area contributed by atoms with E-state index in [0.29, 0.717) is 22.5 Å². The molecule has 2 heterocycles. The quantitative estimate of drug-likeness (QED) is 0.334. The molecule has 1 aliphatic heterocycles. The number of esters is 1. The fraction of sp³-hybridized carbons (Fsp3) is 0.480. The SMILES string of the molecule is CCOC(=O)/C(C#N)=c1\s/c(=C/Nc2ccc(NS(=O)(=O)CCN3CCCCC3CO)cc2)c(=O)n1CC. The normalized spacial score (nSPS) is 17.5. The number of ether oxygens (including phenoxy) is 1. The van der Waals surface area contributed by atoms with Crippen LogP contribution in [0.4, 0.5) is 11.4 Å². The first-order valence-electron chi connectivity index (χ1n) is 12.5. The van der Waals surface area contributed by atoms with Gasteiger partial charge in [-0.1, -0.05) is 6.42 Å². The number of benzene rings is 1. The first-order chi connectivity index (χ1) is 18.2. The van der Waals surface area contributed by atoms with Crippen molar-refractivity contribution in [3.63, 3.8) is 0 Å². The molecule has 0 radical (unpaired) electrons. The van der Waals surface area contributed by atoms with Gasteiger partial charge < -0.3 is 15.2 Å². The number of anilines is 2. The van der Waals surface area contributed by atoms with Gasteiger partial charge in [0.05, 0.1) is 19.0 Å². The molecule has 3 N–H and O–H groups in total. The van der Waals surface area contributed by atoms with Crippen molar-refractivity contribution in [3.05, 3.63) is 43.8 Å². The summed E-state index contributed by atoms with van der Waals surface area (Å²) in [5, 5.41) is 22.0. The molecular formula is C25H33N5O6S2. The zero-order valence-corrected chi connectivity index (χ0v) is 23.1. The molecule has 206 valence electrons. The number of nitrogens with one attached hydrogen (secondary N) is 2. The van der Waals surface area contributed by atoms with E-state index in [1.807, 2.05) is 11.0 Å². The molecule has 3 rings (SSSR count). The molecule has 0 aliphatic carbocycles. The Labute approximate surface area is 225 Å². The number of thiazole rings is 1. The van der Waals surface area contributed by atoms with E-state index < -0.39 is 16.0 Å². The molecular weight excluding hydrogens is 530 g/mol. The number of nitriles is 1. The zero-order valence-electron chi connectivity index (χ0n) is 21.5. The van der Waals surface area contributed by atoms with Crippen LogP contribution >= 0.6 is 11.3 Å². The topological polar surface area (TPSA) is 154 Å². The second-order valence-electron chi connectivity index (χ2n) is 8.68. The van der Waals surface area contributed by atoms with Crippen molar-refractivity contribution in [2.75, 3.05) is 42.1 Å². The summed E-state index contributed by atoms with van der Waals surface area (Å²) in [5.74, 6) is -0.852. The number of rotatable bonds is 11. The molecule has 2 aromatic rings. The van der Waals surface area contributed by atoms with Crippen molar-refractivity contribution >= 4 is 50.5 Å². The second kappa shape index (κ2) is 13.6. The number of carbonyl (C=O) groups excluding carboxylic acids is 1. The summed E-state index contributed by atoms with van der Waals surface area (Å²) in [5.41, 5.74) is 0.444. The molecule has 1 aromatic carbocycles. The number of nitrogens with zero attached hydrogens (tertiary/aromatic N) is 3. The molecule has 11 nitrogen and oxygen atoms in total. The lowest BCUT2D eigenvalue weighted by Crippen LogP contribution is -2.44. The summed E-state index contributed by atoms with van der Waals surface area (Å²) < 4.78 is 34.6. The molecule has 1 saturated heterocycles. The van der Waals surface area contributed by atoms with Gasteiger partial charge in [-0.05, 0) is 57.5 Å². The smallest absolute Gasteiger partial charge is 0.351 e. The van der Waals surface area contributed by atoms with Crippen molar-refractivity contribution in [2.45, 2.75) is 45.7 Å². The molecule has 1 aliphatic rings. The third-order valence-corrected chi connectivity index (χ3v) is 8.56. The Morgan fingerprint density at radius 3 is 2.61 bits per heavy atom. The van der Waals surface area contributed by atoms with Crippen LogP contribution in [0.5, 0.6) is 0 Å². The Morgan fingerprint density at radius 1 is 1.26 bits per heavy atom. The fourth-order valence-electron chi connectivity index (χ4n) is 4.19. The van der Waals surface area contributed by atoms with Gasteiger partial charge in [-0.15, -0.1) is 11.3 Å². The van der Waals surface area contributed by atoms with Crippen molar-refractivity contribution in [3.8, 4) is 6.07 Å². The van der Waals surface area contributed by atoms with Gasteiger partial charge in [-0.2, -0.15) is 5.26 Å². The van der Waals surface area contributed by atoms with Crippen LogP contribution in [0.2, 0.25) is 0 Å². The van der Waals surface area contributed by atoms with Crippen LogP contribution in [-0.4, -0.2) is 67.1 Å². The minimum atomic E-state index is -3.58. The van der Waals surface area contributed by atoms with E-state index in [-0.39, 0.29) is 47.3 Å². The summed E-state index contributed by atoms with van der Waals surface area (Å²) in [6, 6.07) is 8.40. The second-order valence-corrected chi connectivity index (χ2v) is 11.6. The number of likely N-dealkylation sites (tertiary alicyclic amines) is 1. The number of hydrogen-bond acceptors (Lipinski definition) is 10. The molecule has 1 aromatic heterocycles. The first kappa shape index (κ1) is 29.4. The molecule has 0 amide bonds. The van der Waals surface area contributed by atoms with Gasteiger partial charge in [0.15, 0.2) is 5.57 Å². The Hall–Kier alpha value is -3.18. The average Bonchev–Trinajstić information content (AvgIpc) is 3.22. The van der Waals surface area contributed by atoms with E-state index in [0.717, 1.165) is 37.1 Å². The number of aliphatic hydroxyl groups is 1. The van der Waals surface area contributed by atoms with E-state index in [9.17, 15) is 28.4 Å². The van der Waals surface area contributed by atoms with Gasteiger partial charge in [0.1, 0.15) is 15.3 Å². The average molecular weight is 564 g/mol. The lowest BCUT2D eigenvalue weighted by Gasteiger charge is -2.34. The maximum Gasteiger partial charge on any atom is 0.351 e. The molecule has 1 fully saturated rings. The first-order valence-corrected chi connectivity index (χ1v) is 14.9. The van der Waals surface area contributed by atoms with E-state index >= 15 is 0 Å². The highest BCUT2D eigenvalue weighted by Gasteiger charge is 2.23. The standard InChI is InChI=1S/C25H33N5O6S2/c1-3-30-23(32)22(37-24(30)21(15-26)25(33)36-4-2)16-27-18-8-10-19(11-9-18)28-38(34,35)14-13-29-12-6-5-7-20(29)17-31/h8-11,16,20,27-28,31H,3-7,12-14,17H2,1-2H3/b22-16+,24-21-. The lowest BCUT2D eigenvalue weighted by atomic mass is 10.0. The van der Waals surface area contributed by atoms with Crippen molar-refractivity contribution in [2.24, 2.45) is 0 Å². The van der Waals surface area contributed by atoms with E-state index in [1.54, 1.807) is 38.1 Å². The number of carbonyl (C=O) groups is 1. The molecule has 0 spiro atoms. The Bertz CT molecular complexity index is 1440. The van der Waals surface area contributed by atoms with Crippen LogP contribution in [-0.2, 0) is 26.1 Å². The van der Waals surface area contributed by atoms with Crippen molar-refractivity contribution in [1.29, 1.82) is 5.26 Å². The van der Waals surface area contributed by atoms with Crippen LogP contribution in [0.15, 0.2) is 29.1 Å². The zero-order chi connectivity index (χ0) is 27.7. The molecule has 0 saturated carbocycles. The predicted octanol–water partition coefficient (Wildman–Crippen LogP) is 0.606. The number of hydrogen-bond donors (Lipinski definition) is 3. The van der Waals surface area contributed by atoms with Gasteiger partial charge in [-0.3, -0.25) is 19.0 Å². The monoisotopic (exact) mass is 563 g/mol. The Balaban J connectivity index is 1.71. The molecule has 1 unspecified atom stereocenters. The predicted molar refractivity (Wildman–Crippen MR) is 147 cm³/mol. The van der Waals surface area contributed by atoms with E-state index in [4.69, 9.17) is 4.74 Å². The minimum absolute atomic E-state index is 0.0102. The van der Waals surface area contributed by atoms with E-state index in [2.05, 4.69) is 10.0 Å². The van der Waals surface area contributed by atoms with Gasteiger partial charge >= 0.3 is 5.97 Å². The van der Waals surface area contributed by atoms with Gasteiger partial charge in [0, 0.05) is 36.7 Å². The van der Waals surface area contributed by atoms with Crippen molar-refractivity contribution in [1.82, 2.24) is 9.47 Å². The minimum Gasteiger partial charge on any atom is -0.462 e. The maximum absolute atomic E-state index is 12.8. The highest BCUT2D eigenvalue weighted by molar-refractivity contribution is 7.92. The fourth-order valence-corrected chi connectivity index (χ4v) is 6.34. The highest BCUT2D eigenvalue weighted by Crippen LogP contribution is 2.18. The number of aromatic nitrogens is 1. The molecule has 1 atom stereocenters. The van der Waals surface area contributed by atoms with Crippen LogP contribution in [0.3, 0.4) is 0 Å². The number of aliphatic hydroxyl groups excluding tert-OH is 1. The van der Waals surface area contributed by atoms with Crippen LogP contribution in [0.25, 0.3) is 11.8 Å². The maximum atomic E-state index is 12.8. The third-order valence-electron chi connectivity index (χ3n) is 6.16. The van der Waals surface area contributed by atoms with Gasteiger partial charge in [0.2, 0.25) is 10.0 Å². The van der Waals surface area contributed by atoms with Crippen LogP contribution < -0.4 is 24.8 Å².